The Morgan fingerprint density at radius 2 is 1.75 bits per heavy atom. The molecule has 4 nitrogen and oxygen atoms in total. The van der Waals surface area contributed by atoms with E-state index in [0.717, 1.165) is 29.3 Å². The Morgan fingerprint density at radius 3 is 2.17 bits per heavy atom. The van der Waals surface area contributed by atoms with Crippen LogP contribution in [0.4, 0.5) is 32.0 Å². The maximum atomic E-state index is 13.0. The van der Waals surface area contributed by atoms with Gasteiger partial charge in [0.15, 0.2) is 12.3 Å². The average molecular weight is 354 g/mol. The molecular formula is C14H12F6N2O2. The number of nitrogens with zero attached hydrogens (tertiary/aromatic N) is 2. The van der Waals surface area contributed by atoms with E-state index in [1.807, 2.05) is 0 Å². The summed E-state index contributed by atoms with van der Waals surface area (Å²) in [4.78, 5) is 0. The molecule has 1 saturated heterocycles. The van der Waals surface area contributed by atoms with Crippen LogP contribution in [0.25, 0.3) is 0 Å². The molecule has 1 aromatic carbocycles. The number of hydrogen-bond donors (Lipinski definition) is 1. The first-order valence-electron chi connectivity index (χ1n) is 6.86. The first kappa shape index (κ1) is 17.0. The van der Waals surface area contributed by atoms with Gasteiger partial charge < -0.3 is 9.84 Å². The first-order valence-corrected chi connectivity index (χ1v) is 6.86. The van der Waals surface area contributed by atoms with Crippen LogP contribution >= 0.6 is 0 Å². The summed E-state index contributed by atoms with van der Waals surface area (Å²) in [6, 6.07) is 3.64. The Hall–Kier alpha value is -1.81. The highest BCUT2D eigenvalue weighted by Crippen LogP contribution is 2.51. The zero-order chi connectivity index (χ0) is 17.9. The molecule has 0 aliphatic carbocycles. The van der Waals surface area contributed by atoms with Crippen molar-refractivity contribution in [1.29, 1.82) is 0 Å². The molecule has 2 aliphatic heterocycles. The zero-order valence-electron chi connectivity index (χ0n) is 12.2. The van der Waals surface area contributed by atoms with Crippen LogP contribution in [0.1, 0.15) is 12.5 Å². The van der Waals surface area contributed by atoms with Crippen molar-refractivity contribution in [2.45, 2.75) is 31.6 Å². The van der Waals surface area contributed by atoms with Gasteiger partial charge in [-0.1, -0.05) is 0 Å². The van der Waals surface area contributed by atoms with Gasteiger partial charge in [-0.2, -0.15) is 31.4 Å². The maximum Gasteiger partial charge on any atom is 0.416 e. The highest BCUT2D eigenvalue weighted by atomic mass is 19.4. The monoisotopic (exact) mass is 354 g/mol. The fourth-order valence-electron chi connectivity index (χ4n) is 2.95. The summed E-state index contributed by atoms with van der Waals surface area (Å²) in [5.41, 5.74) is -2.58. The van der Waals surface area contributed by atoms with Crippen LogP contribution in [-0.2, 0) is 10.9 Å². The van der Waals surface area contributed by atoms with Crippen molar-refractivity contribution in [1.82, 2.24) is 0 Å². The molecule has 0 bridgehead atoms. The van der Waals surface area contributed by atoms with Crippen molar-refractivity contribution in [2.75, 3.05) is 11.6 Å². The number of hydrazone groups is 1. The van der Waals surface area contributed by atoms with Gasteiger partial charge in [0.2, 0.25) is 0 Å². The van der Waals surface area contributed by atoms with Gasteiger partial charge in [0.05, 0.1) is 23.6 Å². The number of hydrogen-bond acceptors (Lipinski definition) is 4. The van der Waals surface area contributed by atoms with Crippen LogP contribution in [0.15, 0.2) is 29.4 Å². The third-order valence-corrected chi connectivity index (χ3v) is 4.34. The summed E-state index contributed by atoms with van der Waals surface area (Å²) in [5, 5.41) is 15.2. The highest BCUT2D eigenvalue weighted by Gasteiger charge is 2.69. The molecule has 0 aromatic heterocycles. The van der Waals surface area contributed by atoms with E-state index in [1.165, 1.54) is 6.92 Å². The Labute approximate surface area is 132 Å². The fourth-order valence-corrected chi connectivity index (χ4v) is 2.95. The summed E-state index contributed by atoms with van der Waals surface area (Å²) in [6.45, 7) is 0.958. The normalized spacial score (nSPS) is 30.5. The smallest absolute Gasteiger partial charge is 0.370 e. The minimum Gasteiger partial charge on any atom is -0.370 e. The third-order valence-electron chi connectivity index (χ3n) is 4.34. The number of aliphatic hydroxyl groups excluding tert-OH is 1. The van der Waals surface area contributed by atoms with Crippen LogP contribution in [0, 0.1) is 5.41 Å². The largest absolute Gasteiger partial charge is 0.416 e. The quantitative estimate of drug-likeness (QED) is 0.788. The summed E-state index contributed by atoms with van der Waals surface area (Å²) in [6.07, 6.45) is -13.1. The number of halogens is 6. The summed E-state index contributed by atoms with van der Waals surface area (Å²) >= 11 is 0. The van der Waals surface area contributed by atoms with Gasteiger partial charge in [-0.25, -0.2) is 5.01 Å². The van der Waals surface area contributed by atoms with E-state index in [4.69, 9.17) is 0 Å². The molecule has 0 amide bonds. The van der Waals surface area contributed by atoms with Gasteiger partial charge >= 0.3 is 12.4 Å². The molecule has 1 aromatic rings. The van der Waals surface area contributed by atoms with E-state index in [-0.39, 0.29) is 18.0 Å². The summed E-state index contributed by atoms with van der Waals surface area (Å²) < 4.78 is 81.4. The van der Waals surface area contributed by atoms with Crippen molar-refractivity contribution < 1.29 is 36.2 Å². The van der Waals surface area contributed by atoms with Crippen molar-refractivity contribution in [3.8, 4) is 0 Å². The lowest BCUT2D eigenvalue weighted by Crippen LogP contribution is -2.67. The molecule has 2 heterocycles. The Morgan fingerprint density at radius 1 is 1.17 bits per heavy atom. The van der Waals surface area contributed by atoms with Crippen LogP contribution in [0.3, 0.4) is 0 Å². The number of aliphatic hydroxyl groups is 1. The van der Waals surface area contributed by atoms with Crippen molar-refractivity contribution in [3.05, 3.63) is 29.8 Å². The third kappa shape index (κ3) is 2.35. The average Bonchev–Trinajstić information content (AvgIpc) is 2.68. The topological polar surface area (TPSA) is 45.1 Å². The summed E-state index contributed by atoms with van der Waals surface area (Å²) in [7, 11) is 0. The lowest BCUT2D eigenvalue weighted by atomic mass is 9.73. The second-order valence-electron chi connectivity index (χ2n) is 5.72. The minimum atomic E-state index is -4.69. The van der Waals surface area contributed by atoms with Crippen LogP contribution in [-0.4, -0.2) is 35.9 Å². The maximum absolute atomic E-state index is 13.0. The van der Waals surface area contributed by atoms with Gasteiger partial charge in [0.1, 0.15) is 5.41 Å². The Bertz CT molecular complexity index is 669. The molecule has 3 atom stereocenters. The molecule has 10 heteroatoms. The Kier molecular flexibility index (Phi) is 3.61. The van der Waals surface area contributed by atoms with E-state index in [1.54, 1.807) is 0 Å². The SMILES string of the molecule is CC1=NN(c2ccc(C(F)(F)F)cc2)C(O)C12COC2C(F)(F)F. The number of ether oxygens (including phenoxy) is 1. The molecule has 2 aliphatic rings. The first-order chi connectivity index (χ1) is 11.0. The molecule has 24 heavy (non-hydrogen) atoms. The van der Waals surface area contributed by atoms with Crippen LogP contribution in [0.2, 0.25) is 0 Å². The molecular weight excluding hydrogens is 342 g/mol. The molecule has 3 rings (SSSR count). The van der Waals surface area contributed by atoms with Gasteiger partial charge in [0.25, 0.3) is 0 Å². The zero-order valence-corrected chi connectivity index (χ0v) is 12.2. The molecule has 1 N–H and O–H groups in total. The predicted molar refractivity (Wildman–Crippen MR) is 71.3 cm³/mol. The predicted octanol–water partition coefficient (Wildman–Crippen LogP) is 3.17. The van der Waals surface area contributed by atoms with Crippen molar-refractivity contribution in [3.63, 3.8) is 0 Å². The lowest BCUT2D eigenvalue weighted by Gasteiger charge is -2.49. The molecule has 1 fully saturated rings. The number of anilines is 1. The fraction of sp³-hybridized carbons (Fsp3) is 0.500. The minimum absolute atomic E-state index is 0.0171. The van der Waals surface area contributed by atoms with Gasteiger partial charge in [-0.05, 0) is 31.2 Å². The number of alkyl halides is 6. The molecule has 0 saturated carbocycles. The van der Waals surface area contributed by atoms with E-state index in [9.17, 15) is 31.4 Å². The van der Waals surface area contributed by atoms with Crippen LogP contribution < -0.4 is 5.01 Å². The lowest BCUT2D eigenvalue weighted by molar-refractivity contribution is -0.318. The summed E-state index contributed by atoms with van der Waals surface area (Å²) in [5.74, 6) is 0. The molecule has 3 unspecified atom stereocenters. The van der Waals surface area contributed by atoms with Crippen molar-refractivity contribution in [2.24, 2.45) is 10.5 Å². The molecule has 132 valence electrons. The molecule has 1 spiro atoms. The van der Waals surface area contributed by atoms with E-state index >= 15 is 0 Å². The van der Waals surface area contributed by atoms with E-state index in [2.05, 4.69) is 9.84 Å². The van der Waals surface area contributed by atoms with Crippen LogP contribution in [0.5, 0.6) is 0 Å². The van der Waals surface area contributed by atoms with E-state index in [0.29, 0.717) is 0 Å². The number of rotatable bonds is 1. The van der Waals surface area contributed by atoms with Gasteiger partial charge in [0, 0.05) is 0 Å². The van der Waals surface area contributed by atoms with E-state index < -0.39 is 35.7 Å². The van der Waals surface area contributed by atoms with Crippen molar-refractivity contribution >= 4 is 11.4 Å². The van der Waals surface area contributed by atoms with Gasteiger partial charge in [-0.3, -0.25) is 0 Å². The second kappa shape index (κ2) is 5.09. The molecule has 0 radical (unpaired) electrons. The number of benzene rings is 1. The second-order valence-corrected chi connectivity index (χ2v) is 5.72. The Balaban J connectivity index is 1.90. The standard InChI is InChI=1S/C14H12F6N2O2/c1-7-12(6-24-10(12)14(18,19)20)11(23)22(21-7)9-4-2-8(3-5-9)13(15,16)17/h2-5,10-11,23H,6H2,1H3. The van der Waals surface area contributed by atoms with Gasteiger partial charge in [-0.15, -0.1) is 0 Å². The highest BCUT2D eigenvalue weighted by molar-refractivity contribution is 5.94.